The summed E-state index contributed by atoms with van der Waals surface area (Å²) in [5, 5.41) is 18.5. The Morgan fingerprint density at radius 3 is 2.12 bits per heavy atom. The normalized spacial score (nSPS) is 10.4. The molecule has 2 N–H and O–H groups in total. The van der Waals surface area contributed by atoms with E-state index in [0.29, 0.717) is 0 Å². The standard InChI is InChI=1S/C12H8F2O2/c13-7-1-3-10(12(16)5-7)9-4-2-8(15)6-11(9)14/h1-6,15-16H. The Bertz CT molecular complexity index is 489. The smallest absolute Gasteiger partial charge is 0.134 e. The van der Waals surface area contributed by atoms with Crippen LogP contribution in [0.2, 0.25) is 0 Å². The molecule has 0 unspecified atom stereocenters. The zero-order valence-electron chi connectivity index (χ0n) is 8.11. The minimum absolute atomic E-state index is 0.107. The topological polar surface area (TPSA) is 40.5 Å². The van der Waals surface area contributed by atoms with Crippen molar-refractivity contribution in [1.29, 1.82) is 0 Å². The fourth-order valence-electron chi connectivity index (χ4n) is 1.46. The summed E-state index contributed by atoms with van der Waals surface area (Å²) in [6.45, 7) is 0. The Balaban J connectivity index is 2.59. The molecule has 2 rings (SSSR count). The average Bonchev–Trinajstić information content (AvgIpc) is 2.19. The highest BCUT2D eigenvalue weighted by molar-refractivity contribution is 5.71. The van der Waals surface area contributed by atoms with E-state index in [4.69, 9.17) is 5.11 Å². The lowest BCUT2D eigenvalue weighted by Gasteiger charge is -2.06. The van der Waals surface area contributed by atoms with Crippen LogP contribution in [0.4, 0.5) is 8.78 Å². The van der Waals surface area contributed by atoms with Gasteiger partial charge in [-0.25, -0.2) is 8.78 Å². The number of benzene rings is 2. The van der Waals surface area contributed by atoms with Crippen molar-refractivity contribution in [1.82, 2.24) is 0 Å². The van der Waals surface area contributed by atoms with Gasteiger partial charge in [0.05, 0.1) is 0 Å². The third-order valence-corrected chi connectivity index (χ3v) is 2.20. The van der Waals surface area contributed by atoms with Crippen LogP contribution >= 0.6 is 0 Å². The second-order valence-corrected chi connectivity index (χ2v) is 3.33. The van der Waals surface area contributed by atoms with Crippen molar-refractivity contribution >= 4 is 0 Å². The van der Waals surface area contributed by atoms with Gasteiger partial charge in [-0.2, -0.15) is 0 Å². The second kappa shape index (κ2) is 3.81. The van der Waals surface area contributed by atoms with Crippen molar-refractivity contribution in [3.05, 3.63) is 48.0 Å². The first-order valence-corrected chi connectivity index (χ1v) is 4.55. The van der Waals surface area contributed by atoms with Crippen LogP contribution in [0.25, 0.3) is 11.1 Å². The molecule has 82 valence electrons. The highest BCUT2D eigenvalue weighted by Crippen LogP contribution is 2.32. The molecule has 0 atom stereocenters. The molecule has 0 heterocycles. The van der Waals surface area contributed by atoms with E-state index >= 15 is 0 Å². The van der Waals surface area contributed by atoms with E-state index < -0.39 is 11.6 Å². The minimum Gasteiger partial charge on any atom is -0.508 e. The molecular weight excluding hydrogens is 214 g/mol. The maximum Gasteiger partial charge on any atom is 0.134 e. The van der Waals surface area contributed by atoms with Gasteiger partial charge in [0, 0.05) is 23.3 Å². The van der Waals surface area contributed by atoms with Crippen molar-refractivity contribution in [3.63, 3.8) is 0 Å². The van der Waals surface area contributed by atoms with Crippen LogP contribution in [0.5, 0.6) is 11.5 Å². The molecule has 2 aromatic rings. The van der Waals surface area contributed by atoms with Gasteiger partial charge in [-0.3, -0.25) is 0 Å². The Morgan fingerprint density at radius 2 is 1.50 bits per heavy atom. The number of hydrogen-bond donors (Lipinski definition) is 2. The first kappa shape index (κ1) is 10.4. The van der Waals surface area contributed by atoms with Crippen LogP contribution in [-0.4, -0.2) is 10.2 Å². The third kappa shape index (κ3) is 1.82. The maximum absolute atomic E-state index is 13.5. The molecule has 0 saturated carbocycles. The Hall–Kier alpha value is -2.10. The molecule has 0 aromatic heterocycles. The average molecular weight is 222 g/mol. The number of halogens is 2. The second-order valence-electron chi connectivity index (χ2n) is 3.33. The monoisotopic (exact) mass is 222 g/mol. The predicted octanol–water partition coefficient (Wildman–Crippen LogP) is 3.04. The van der Waals surface area contributed by atoms with Crippen LogP contribution in [0.15, 0.2) is 36.4 Å². The van der Waals surface area contributed by atoms with Crippen molar-refractivity contribution in [2.45, 2.75) is 0 Å². The molecule has 0 radical (unpaired) electrons. The number of rotatable bonds is 1. The summed E-state index contributed by atoms with van der Waals surface area (Å²) in [5.74, 6) is -1.82. The lowest BCUT2D eigenvalue weighted by atomic mass is 10.0. The molecular formula is C12H8F2O2. The van der Waals surface area contributed by atoms with Gasteiger partial charge in [0.2, 0.25) is 0 Å². The lowest BCUT2D eigenvalue weighted by molar-refractivity contribution is 0.466. The van der Waals surface area contributed by atoms with Crippen LogP contribution in [0, 0.1) is 11.6 Å². The number of phenolic OH excluding ortho intramolecular Hbond substituents is 2. The first-order valence-electron chi connectivity index (χ1n) is 4.55. The zero-order chi connectivity index (χ0) is 11.7. The van der Waals surface area contributed by atoms with E-state index in [1.807, 2.05) is 0 Å². The zero-order valence-corrected chi connectivity index (χ0v) is 8.11. The van der Waals surface area contributed by atoms with Crippen molar-refractivity contribution < 1.29 is 19.0 Å². The van der Waals surface area contributed by atoms with Crippen LogP contribution < -0.4 is 0 Å². The Morgan fingerprint density at radius 1 is 0.812 bits per heavy atom. The highest BCUT2D eigenvalue weighted by Gasteiger charge is 2.10. The number of phenols is 2. The molecule has 0 amide bonds. The van der Waals surface area contributed by atoms with Gasteiger partial charge in [-0.05, 0) is 24.3 Å². The highest BCUT2D eigenvalue weighted by atomic mass is 19.1. The van der Waals surface area contributed by atoms with E-state index in [2.05, 4.69) is 0 Å². The summed E-state index contributed by atoms with van der Waals surface area (Å²) in [7, 11) is 0. The van der Waals surface area contributed by atoms with E-state index in [-0.39, 0.29) is 22.6 Å². The van der Waals surface area contributed by atoms with E-state index in [0.717, 1.165) is 18.2 Å². The summed E-state index contributed by atoms with van der Waals surface area (Å²) in [6, 6.07) is 6.85. The van der Waals surface area contributed by atoms with Gasteiger partial charge in [-0.15, -0.1) is 0 Å². The quantitative estimate of drug-likeness (QED) is 0.778. The van der Waals surface area contributed by atoms with E-state index in [9.17, 15) is 13.9 Å². The molecule has 0 aliphatic heterocycles. The Kier molecular flexibility index (Phi) is 2.48. The molecule has 2 aromatic carbocycles. The summed E-state index contributed by atoms with van der Waals surface area (Å²) < 4.78 is 26.2. The van der Waals surface area contributed by atoms with Crippen molar-refractivity contribution in [2.24, 2.45) is 0 Å². The molecule has 0 saturated heterocycles. The third-order valence-electron chi connectivity index (χ3n) is 2.20. The summed E-state index contributed by atoms with van der Waals surface area (Å²) in [6.07, 6.45) is 0. The van der Waals surface area contributed by atoms with Crippen LogP contribution in [0.1, 0.15) is 0 Å². The van der Waals surface area contributed by atoms with Crippen LogP contribution in [0.3, 0.4) is 0 Å². The van der Waals surface area contributed by atoms with E-state index in [1.165, 1.54) is 18.2 Å². The number of hydrogen-bond acceptors (Lipinski definition) is 2. The molecule has 2 nitrogen and oxygen atoms in total. The van der Waals surface area contributed by atoms with Gasteiger partial charge in [0.15, 0.2) is 0 Å². The fraction of sp³-hybridized carbons (Fsp3) is 0. The SMILES string of the molecule is Oc1ccc(-c2ccc(F)cc2O)c(F)c1. The predicted molar refractivity (Wildman–Crippen MR) is 55.1 cm³/mol. The Labute approximate surface area is 90.4 Å². The van der Waals surface area contributed by atoms with E-state index in [1.54, 1.807) is 0 Å². The van der Waals surface area contributed by atoms with Gasteiger partial charge in [-0.1, -0.05) is 0 Å². The van der Waals surface area contributed by atoms with Crippen LogP contribution in [-0.2, 0) is 0 Å². The van der Waals surface area contributed by atoms with Gasteiger partial charge in [0.25, 0.3) is 0 Å². The molecule has 0 fully saturated rings. The molecule has 0 aliphatic carbocycles. The minimum atomic E-state index is -0.679. The van der Waals surface area contributed by atoms with Gasteiger partial charge >= 0.3 is 0 Å². The molecule has 16 heavy (non-hydrogen) atoms. The summed E-state index contributed by atoms with van der Waals surface area (Å²) in [5.41, 5.74) is 0.286. The molecule has 0 spiro atoms. The summed E-state index contributed by atoms with van der Waals surface area (Å²) >= 11 is 0. The summed E-state index contributed by atoms with van der Waals surface area (Å²) in [4.78, 5) is 0. The number of aromatic hydroxyl groups is 2. The maximum atomic E-state index is 13.5. The van der Waals surface area contributed by atoms with Crippen molar-refractivity contribution in [3.8, 4) is 22.6 Å². The van der Waals surface area contributed by atoms with Gasteiger partial charge < -0.3 is 10.2 Å². The molecule has 0 bridgehead atoms. The molecule has 4 heteroatoms. The lowest BCUT2D eigenvalue weighted by Crippen LogP contribution is -1.85. The largest absolute Gasteiger partial charge is 0.508 e. The van der Waals surface area contributed by atoms with Gasteiger partial charge in [0.1, 0.15) is 23.1 Å². The molecule has 0 aliphatic rings. The fourth-order valence-corrected chi connectivity index (χ4v) is 1.46. The first-order chi connectivity index (χ1) is 7.58. The van der Waals surface area contributed by atoms with Crippen molar-refractivity contribution in [2.75, 3.05) is 0 Å².